The zero-order valence-corrected chi connectivity index (χ0v) is 72.5. The molecule has 4 fully saturated rings. The molecule has 4 atom stereocenters. The molecule has 12 rings (SSSR count). The van der Waals surface area contributed by atoms with Gasteiger partial charge in [-0.2, -0.15) is 0 Å². The number of hydrogen-bond acceptors (Lipinski definition) is 13. The molecule has 0 amide bonds. The van der Waals surface area contributed by atoms with E-state index in [-0.39, 0.29) is 37.6 Å². The third-order valence-corrected chi connectivity index (χ3v) is 21.3. The second kappa shape index (κ2) is 48.0. The standard InChI is InChI=1S/C57H64O7.C30H34O4.C24H26O2/c1-9-17-39-25-47(49-29-43(21-13-5)56(44(30-49)22-14-6)63-37-52-35-59-52)26-40(18-10-2)54(39)61-33-51(58)34-62-55-41(19-11-3)27-48(28-42(55)20-12-4)50-31-45(23-15-7)57(46(32-50)24-16-8)64-38-53-36-60-53;1-5-9-21-13-25(14-22(10-6-2)29(21)33-19-27-17-31-27)26-15-23(11-7-3)30(24(16-26)12-8-4)34-20-28-18-32-28;1-5-9-17-13-21(14-18(10-6-2)23(17)25)22-15-19(11-7-3)24(26)20(16-22)12-8-4/h9-16,25-32,51-53,58H,1-8,17-24,33-38H2;5-8,13-16,27-28H,1-4,9-12,17-20H2;5-8,13-16,25-26H,1-4,9-12H2. The van der Waals surface area contributed by atoms with Gasteiger partial charge in [0.05, 0.1) is 26.4 Å². The molecule has 0 aromatic heterocycles. The molecule has 646 valence electrons. The molecule has 124 heavy (non-hydrogen) atoms. The Morgan fingerprint density at radius 1 is 0.226 bits per heavy atom. The predicted molar refractivity (Wildman–Crippen MR) is 511 cm³/mol. The number of rotatable bonds is 54. The summed E-state index contributed by atoms with van der Waals surface area (Å²) in [5.74, 6) is 5.57. The van der Waals surface area contributed by atoms with Gasteiger partial charge >= 0.3 is 0 Å². The normalized spacial score (nSPS) is 15.0. The molecule has 13 heteroatoms. The van der Waals surface area contributed by atoms with E-state index < -0.39 is 6.10 Å². The number of aliphatic hydroxyl groups is 1. The van der Waals surface area contributed by atoms with Crippen molar-refractivity contribution in [2.24, 2.45) is 0 Å². The lowest BCUT2D eigenvalue weighted by Crippen LogP contribution is -2.26. The third kappa shape index (κ3) is 26.4. The number of hydrogen-bond donors (Lipinski definition) is 3. The molecule has 0 saturated carbocycles. The van der Waals surface area contributed by atoms with E-state index in [0.717, 1.165) is 209 Å². The van der Waals surface area contributed by atoms with E-state index in [9.17, 15) is 15.3 Å². The van der Waals surface area contributed by atoms with Crippen LogP contribution in [0, 0.1) is 0 Å². The first-order valence-corrected chi connectivity index (χ1v) is 42.8. The van der Waals surface area contributed by atoms with Crippen molar-refractivity contribution in [3.63, 3.8) is 0 Å². The highest BCUT2D eigenvalue weighted by Gasteiger charge is 2.30. The fourth-order valence-corrected chi connectivity index (χ4v) is 15.2. The summed E-state index contributed by atoms with van der Waals surface area (Å²) in [6, 6.07) is 34.0. The van der Waals surface area contributed by atoms with Crippen LogP contribution in [-0.4, -0.2) is 112 Å². The highest BCUT2D eigenvalue weighted by Crippen LogP contribution is 2.43. The van der Waals surface area contributed by atoms with Gasteiger partial charge in [-0.3, -0.25) is 0 Å². The molecule has 13 nitrogen and oxygen atoms in total. The number of aromatic hydroxyl groups is 2. The largest absolute Gasteiger partial charge is 0.507 e. The van der Waals surface area contributed by atoms with Gasteiger partial charge in [0.25, 0.3) is 0 Å². The van der Waals surface area contributed by atoms with Gasteiger partial charge in [0.1, 0.15) is 116 Å². The van der Waals surface area contributed by atoms with Crippen LogP contribution in [0.25, 0.3) is 44.5 Å². The summed E-state index contributed by atoms with van der Waals surface area (Å²) in [5, 5.41) is 32.4. The van der Waals surface area contributed by atoms with Crippen molar-refractivity contribution < 1.29 is 62.7 Å². The first-order chi connectivity index (χ1) is 60.5. The molecule has 4 saturated heterocycles. The molecular weight excluding hydrogens is 1540 g/mol. The van der Waals surface area contributed by atoms with Crippen LogP contribution < -0.4 is 28.4 Å². The molecule has 4 aliphatic rings. The first kappa shape index (κ1) is 94.1. The minimum atomic E-state index is -0.936. The summed E-state index contributed by atoms with van der Waals surface area (Å²) >= 11 is 0. The topological polar surface area (TPSA) is 166 Å². The molecule has 4 aliphatic heterocycles. The maximum atomic E-state index is 11.5. The number of benzene rings is 8. The van der Waals surface area contributed by atoms with Gasteiger partial charge in [-0.1, -0.05) is 97.2 Å². The maximum Gasteiger partial charge on any atom is 0.126 e. The third-order valence-electron chi connectivity index (χ3n) is 21.3. The van der Waals surface area contributed by atoms with Gasteiger partial charge in [-0.15, -0.1) is 105 Å². The zero-order valence-electron chi connectivity index (χ0n) is 72.5. The average molecular weight is 1670 g/mol. The van der Waals surface area contributed by atoms with Gasteiger partial charge in [0.2, 0.25) is 0 Å². The Morgan fingerprint density at radius 2 is 0.347 bits per heavy atom. The number of allylic oxidation sites excluding steroid dienone is 16. The van der Waals surface area contributed by atoms with Crippen molar-refractivity contribution in [3.05, 3.63) is 389 Å². The van der Waals surface area contributed by atoms with Crippen LogP contribution in [0.2, 0.25) is 0 Å². The Balaban J connectivity index is 0.000000222. The van der Waals surface area contributed by atoms with E-state index in [1.165, 1.54) is 0 Å². The van der Waals surface area contributed by atoms with Gasteiger partial charge in [-0.25, -0.2) is 0 Å². The lowest BCUT2D eigenvalue weighted by Gasteiger charge is -2.22. The van der Waals surface area contributed by atoms with E-state index >= 15 is 0 Å². The van der Waals surface area contributed by atoms with E-state index in [1.807, 2.05) is 97.2 Å². The molecule has 0 radical (unpaired) electrons. The quantitative estimate of drug-likeness (QED) is 0.0244. The van der Waals surface area contributed by atoms with Crippen LogP contribution in [0.1, 0.15) is 89.0 Å². The minimum Gasteiger partial charge on any atom is -0.507 e. The predicted octanol–water partition coefficient (Wildman–Crippen LogP) is 22.7. The van der Waals surface area contributed by atoms with Crippen molar-refractivity contribution in [3.8, 4) is 90.5 Å². The van der Waals surface area contributed by atoms with Crippen molar-refractivity contribution >= 4 is 0 Å². The van der Waals surface area contributed by atoms with Crippen molar-refractivity contribution in [1.82, 2.24) is 0 Å². The summed E-state index contributed by atoms with van der Waals surface area (Å²) in [6.07, 6.45) is 39.7. The Morgan fingerprint density at radius 3 is 0.476 bits per heavy atom. The summed E-state index contributed by atoms with van der Waals surface area (Å²) in [4.78, 5) is 0. The summed E-state index contributed by atoms with van der Waals surface area (Å²) in [6.45, 7) is 68.4. The summed E-state index contributed by atoms with van der Waals surface area (Å²) in [5.41, 5.74) is 24.3. The lowest BCUT2D eigenvalue weighted by atomic mass is 9.92. The van der Waals surface area contributed by atoms with Crippen LogP contribution in [0.4, 0.5) is 0 Å². The van der Waals surface area contributed by atoms with Gasteiger partial charge in [0, 0.05) is 0 Å². The summed E-state index contributed by atoms with van der Waals surface area (Å²) in [7, 11) is 0. The number of aliphatic hydroxyl groups excluding tert-OH is 1. The van der Waals surface area contributed by atoms with Crippen molar-refractivity contribution in [2.75, 3.05) is 66.1 Å². The molecular formula is C111H124O13. The second-order valence-corrected chi connectivity index (χ2v) is 31.3. The first-order valence-electron chi connectivity index (χ1n) is 42.8. The number of epoxide rings is 4. The summed E-state index contributed by atoms with van der Waals surface area (Å²) < 4.78 is 59.6. The van der Waals surface area contributed by atoms with Gasteiger partial charge in [-0.05, 0) is 333 Å². The lowest BCUT2D eigenvalue weighted by molar-refractivity contribution is 0.0615. The molecule has 4 unspecified atom stereocenters. The second-order valence-electron chi connectivity index (χ2n) is 31.3. The molecule has 0 aliphatic carbocycles. The van der Waals surface area contributed by atoms with Crippen LogP contribution >= 0.6 is 0 Å². The highest BCUT2D eigenvalue weighted by molar-refractivity contribution is 5.76. The molecule has 8 aromatic rings. The van der Waals surface area contributed by atoms with E-state index in [1.54, 1.807) is 24.3 Å². The zero-order chi connectivity index (χ0) is 88.4. The van der Waals surface area contributed by atoms with Crippen molar-refractivity contribution in [1.29, 1.82) is 0 Å². The van der Waals surface area contributed by atoms with Crippen LogP contribution in [0.15, 0.2) is 300 Å². The fourth-order valence-electron chi connectivity index (χ4n) is 15.2. The van der Waals surface area contributed by atoms with Crippen LogP contribution in [-0.2, 0) is 122 Å². The van der Waals surface area contributed by atoms with E-state index in [4.69, 9.17) is 47.4 Å². The molecule has 8 aromatic carbocycles. The Bertz CT molecular complexity index is 4630. The highest BCUT2D eigenvalue weighted by atomic mass is 16.6. The Labute approximate surface area is 736 Å². The van der Waals surface area contributed by atoms with Crippen LogP contribution in [0.3, 0.4) is 0 Å². The van der Waals surface area contributed by atoms with E-state index in [0.29, 0.717) is 126 Å². The molecule has 3 N–H and O–H groups in total. The van der Waals surface area contributed by atoms with Gasteiger partial charge in [0.15, 0.2) is 0 Å². The average Bonchev–Trinajstić information content (AvgIpc) is 1.80. The number of phenolic OH excluding ortho intramolecular Hbond substituents is 2. The van der Waals surface area contributed by atoms with E-state index in [2.05, 4.69) is 178 Å². The maximum absolute atomic E-state index is 11.5. The van der Waals surface area contributed by atoms with Gasteiger partial charge < -0.3 is 62.7 Å². The fraction of sp³-hybridized carbons (Fsp3) is 0.279. The molecule has 0 bridgehead atoms. The minimum absolute atomic E-state index is 0.0163. The van der Waals surface area contributed by atoms with Crippen molar-refractivity contribution in [2.45, 2.75) is 133 Å². The number of ether oxygens (including phenoxy) is 10. The molecule has 0 spiro atoms. The SMILES string of the molecule is C=CCc1cc(-c2cc(CC=C)c(O)c(CC=C)c2)cc(CC=C)c1O.C=CCc1cc(-c2cc(CC=C)c(OCC3CO3)c(CC=C)c2)cc(CC=C)c1OCC(O)COc1c(CC=C)cc(-c2cc(CC=C)c(OCC3CO3)c(CC=C)c2)cc1CC=C.C=CCc1cc(-c2cc(CC=C)c(OCC3CO3)c(CC=C)c2)cc(CC=C)c1OCC1CO1. The monoisotopic (exact) mass is 1660 g/mol. The smallest absolute Gasteiger partial charge is 0.126 e. The van der Waals surface area contributed by atoms with Crippen LogP contribution in [0.5, 0.6) is 46.0 Å². The Hall–Kier alpha value is -12.2. The Kier molecular flexibility index (Phi) is 36.4. The molecule has 4 heterocycles. The number of phenols is 2.